The molecule has 0 spiro atoms. The lowest BCUT2D eigenvalue weighted by Gasteiger charge is -2.07. The van der Waals surface area contributed by atoms with Gasteiger partial charge in [0.1, 0.15) is 5.82 Å². The molecule has 0 amide bonds. The van der Waals surface area contributed by atoms with Gasteiger partial charge in [0.2, 0.25) is 0 Å². The minimum Gasteiger partial charge on any atom is -0.398 e. The first-order chi connectivity index (χ1) is 9.10. The summed E-state index contributed by atoms with van der Waals surface area (Å²) < 4.78 is 13.1. The predicted molar refractivity (Wildman–Crippen MR) is 76.5 cm³/mol. The van der Waals surface area contributed by atoms with Crippen molar-refractivity contribution in [2.45, 2.75) is 10.6 Å². The second-order valence-electron chi connectivity index (χ2n) is 3.89. The minimum absolute atomic E-state index is 0.317. The van der Waals surface area contributed by atoms with Crippen molar-refractivity contribution in [1.29, 1.82) is 5.26 Å². The number of benzene rings is 2. The maximum absolute atomic E-state index is 13.1. The molecule has 0 bridgehead atoms. The summed E-state index contributed by atoms with van der Waals surface area (Å²) in [5, 5.41) is 9.28. The molecule has 0 fully saturated rings. The Bertz CT molecular complexity index is 652. The van der Waals surface area contributed by atoms with E-state index < -0.39 is 0 Å². The Morgan fingerprint density at radius 1 is 1.26 bits per heavy atom. The molecule has 5 heteroatoms. The molecular formula is C14H10ClFN2S. The van der Waals surface area contributed by atoms with E-state index in [0.717, 1.165) is 5.56 Å². The molecule has 0 aromatic heterocycles. The van der Waals surface area contributed by atoms with E-state index in [-0.39, 0.29) is 5.82 Å². The van der Waals surface area contributed by atoms with Gasteiger partial charge in [-0.05, 0) is 35.9 Å². The van der Waals surface area contributed by atoms with Crippen LogP contribution >= 0.6 is 23.4 Å². The summed E-state index contributed by atoms with van der Waals surface area (Å²) in [7, 11) is 0. The standard InChI is InChI=1S/C14H10ClFN2S/c15-12-5-9(7-17)1-2-10(12)8-19-14-6-11(16)3-4-13(14)18/h1-6H,8,18H2. The molecule has 0 unspecified atom stereocenters. The van der Waals surface area contributed by atoms with Crippen molar-refractivity contribution in [1.82, 2.24) is 0 Å². The molecule has 0 heterocycles. The van der Waals surface area contributed by atoms with Crippen LogP contribution in [-0.4, -0.2) is 0 Å². The van der Waals surface area contributed by atoms with Crippen molar-refractivity contribution in [3.05, 3.63) is 58.4 Å². The number of nitrogens with two attached hydrogens (primary N) is 1. The Kier molecular flexibility index (Phi) is 4.31. The molecule has 0 aliphatic heterocycles. The second kappa shape index (κ2) is 5.96. The van der Waals surface area contributed by atoms with Crippen LogP contribution in [0.1, 0.15) is 11.1 Å². The molecule has 2 aromatic carbocycles. The fourth-order valence-electron chi connectivity index (χ4n) is 1.52. The number of thioether (sulfide) groups is 1. The van der Waals surface area contributed by atoms with Crippen LogP contribution in [0.3, 0.4) is 0 Å². The number of anilines is 1. The first-order valence-corrected chi connectivity index (χ1v) is 6.83. The summed E-state index contributed by atoms with van der Waals surface area (Å²) in [6, 6.07) is 11.4. The van der Waals surface area contributed by atoms with Gasteiger partial charge in [-0.3, -0.25) is 0 Å². The van der Waals surface area contributed by atoms with E-state index in [4.69, 9.17) is 22.6 Å². The molecule has 0 radical (unpaired) electrons. The largest absolute Gasteiger partial charge is 0.398 e. The molecule has 0 aliphatic carbocycles. The maximum Gasteiger partial charge on any atom is 0.124 e. The van der Waals surface area contributed by atoms with Crippen LogP contribution in [0.25, 0.3) is 0 Å². The Morgan fingerprint density at radius 2 is 2.05 bits per heavy atom. The van der Waals surface area contributed by atoms with Crippen LogP contribution in [-0.2, 0) is 5.75 Å². The molecule has 2 nitrogen and oxygen atoms in total. The third-order valence-corrected chi connectivity index (χ3v) is 4.01. The van der Waals surface area contributed by atoms with Crippen LogP contribution in [0, 0.1) is 17.1 Å². The van der Waals surface area contributed by atoms with Crippen LogP contribution < -0.4 is 5.73 Å². The SMILES string of the molecule is N#Cc1ccc(CSc2cc(F)ccc2N)c(Cl)c1. The van der Waals surface area contributed by atoms with Gasteiger partial charge in [0.05, 0.1) is 11.6 Å². The molecule has 96 valence electrons. The van der Waals surface area contributed by atoms with E-state index in [1.54, 1.807) is 18.2 Å². The number of nitriles is 1. The van der Waals surface area contributed by atoms with Gasteiger partial charge in [-0.25, -0.2) is 4.39 Å². The molecule has 0 saturated heterocycles. The van der Waals surface area contributed by atoms with E-state index >= 15 is 0 Å². The van der Waals surface area contributed by atoms with Gasteiger partial charge in [-0.1, -0.05) is 17.7 Å². The second-order valence-corrected chi connectivity index (χ2v) is 5.31. The zero-order chi connectivity index (χ0) is 13.8. The lowest BCUT2D eigenvalue weighted by molar-refractivity contribution is 0.624. The van der Waals surface area contributed by atoms with Crippen molar-refractivity contribution in [2.75, 3.05) is 5.73 Å². The minimum atomic E-state index is -0.317. The molecule has 0 saturated carbocycles. The zero-order valence-electron chi connectivity index (χ0n) is 9.86. The van der Waals surface area contributed by atoms with Gasteiger partial charge >= 0.3 is 0 Å². The van der Waals surface area contributed by atoms with E-state index in [0.29, 0.717) is 26.9 Å². The number of nitrogen functional groups attached to an aromatic ring is 1. The van der Waals surface area contributed by atoms with Crippen LogP contribution in [0.5, 0.6) is 0 Å². The molecule has 19 heavy (non-hydrogen) atoms. The monoisotopic (exact) mass is 292 g/mol. The Balaban J connectivity index is 2.15. The summed E-state index contributed by atoms with van der Waals surface area (Å²) in [6.07, 6.45) is 0. The third kappa shape index (κ3) is 3.40. The predicted octanol–water partition coefficient (Wildman–Crippen LogP) is 4.23. The highest BCUT2D eigenvalue weighted by molar-refractivity contribution is 7.98. The van der Waals surface area contributed by atoms with Crippen LogP contribution in [0.2, 0.25) is 5.02 Å². The van der Waals surface area contributed by atoms with E-state index in [1.807, 2.05) is 6.07 Å². The van der Waals surface area contributed by atoms with E-state index in [1.165, 1.54) is 30.0 Å². The average Bonchev–Trinajstić information content (AvgIpc) is 2.40. The van der Waals surface area contributed by atoms with E-state index in [9.17, 15) is 4.39 Å². The lowest BCUT2D eigenvalue weighted by Crippen LogP contribution is -1.91. The topological polar surface area (TPSA) is 49.8 Å². The van der Waals surface area contributed by atoms with Gasteiger partial charge in [0, 0.05) is 21.4 Å². The highest BCUT2D eigenvalue weighted by Gasteiger charge is 2.06. The van der Waals surface area contributed by atoms with Crippen molar-refractivity contribution in [2.24, 2.45) is 0 Å². The van der Waals surface area contributed by atoms with E-state index in [2.05, 4.69) is 0 Å². The lowest BCUT2D eigenvalue weighted by atomic mass is 10.2. The number of halogens is 2. The van der Waals surface area contributed by atoms with Crippen molar-refractivity contribution in [3.63, 3.8) is 0 Å². The average molecular weight is 293 g/mol. The van der Waals surface area contributed by atoms with Crippen molar-refractivity contribution < 1.29 is 4.39 Å². The smallest absolute Gasteiger partial charge is 0.124 e. The Hall–Kier alpha value is -1.70. The van der Waals surface area contributed by atoms with Gasteiger partial charge in [0.25, 0.3) is 0 Å². The fraction of sp³-hybridized carbons (Fsp3) is 0.0714. The summed E-state index contributed by atoms with van der Waals surface area (Å²) in [5.74, 6) is 0.251. The van der Waals surface area contributed by atoms with Gasteiger partial charge in [-0.2, -0.15) is 5.26 Å². The normalized spacial score (nSPS) is 10.2. The number of nitrogens with zero attached hydrogens (tertiary/aromatic N) is 1. The number of rotatable bonds is 3. The van der Waals surface area contributed by atoms with Gasteiger partial charge in [0.15, 0.2) is 0 Å². The molecule has 2 rings (SSSR count). The Labute approximate surface area is 120 Å². The molecular weight excluding hydrogens is 283 g/mol. The number of hydrogen-bond donors (Lipinski definition) is 1. The third-order valence-electron chi connectivity index (χ3n) is 2.54. The number of hydrogen-bond acceptors (Lipinski definition) is 3. The highest BCUT2D eigenvalue weighted by atomic mass is 35.5. The molecule has 0 aliphatic rings. The first-order valence-electron chi connectivity index (χ1n) is 5.46. The van der Waals surface area contributed by atoms with Crippen molar-refractivity contribution in [3.8, 4) is 6.07 Å². The van der Waals surface area contributed by atoms with Crippen molar-refractivity contribution >= 4 is 29.1 Å². The maximum atomic E-state index is 13.1. The molecule has 0 atom stereocenters. The summed E-state index contributed by atoms with van der Waals surface area (Å²) >= 11 is 7.49. The summed E-state index contributed by atoms with van der Waals surface area (Å²) in [4.78, 5) is 0.681. The highest BCUT2D eigenvalue weighted by Crippen LogP contribution is 2.31. The Morgan fingerprint density at radius 3 is 2.74 bits per heavy atom. The molecule has 2 N–H and O–H groups in total. The van der Waals surface area contributed by atoms with Crippen LogP contribution in [0.4, 0.5) is 10.1 Å². The zero-order valence-corrected chi connectivity index (χ0v) is 11.4. The first kappa shape index (κ1) is 13.7. The molecule has 2 aromatic rings. The van der Waals surface area contributed by atoms with Gasteiger partial charge in [-0.15, -0.1) is 11.8 Å². The summed E-state index contributed by atoms with van der Waals surface area (Å²) in [6.45, 7) is 0. The van der Waals surface area contributed by atoms with Gasteiger partial charge < -0.3 is 5.73 Å². The quantitative estimate of drug-likeness (QED) is 0.680. The summed E-state index contributed by atoms with van der Waals surface area (Å²) in [5.41, 5.74) is 7.71. The fourth-order valence-corrected chi connectivity index (χ4v) is 2.84. The van der Waals surface area contributed by atoms with Crippen LogP contribution in [0.15, 0.2) is 41.3 Å².